The van der Waals surface area contributed by atoms with E-state index >= 15 is 0 Å². The van der Waals surface area contributed by atoms with Crippen molar-refractivity contribution in [2.75, 3.05) is 87.1 Å². The molecule has 4 aliphatic heterocycles. The third-order valence-corrected chi connectivity index (χ3v) is 10.0. The number of carbonyl (C=O) groups excluding carboxylic acids is 1. The van der Waals surface area contributed by atoms with Crippen LogP contribution < -0.4 is 25.2 Å². The Morgan fingerprint density at radius 2 is 1.70 bits per heavy atom. The Morgan fingerprint density at radius 1 is 0.935 bits per heavy atom. The average molecular weight is 647 g/mol. The van der Waals surface area contributed by atoms with Gasteiger partial charge in [-0.2, -0.15) is 4.98 Å². The first kappa shape index (κ1) is 30.8. The molecule has 2 N–H and O–H groups in total. The average Bonchev–Trinajstić information content (AvgIpc) is 3.41. The second-order valence-corrected chi connectivity index (χ2v) is 13.0. The standard InChI is InChI=1S/C34H43ClN8O3/c1-40-22-25-29(43-14-10-23(11-15-43)41-12-4-3-5-13-41)9-8-28(31(25)33(40)44)37-32-26(35)21-36-34(39-32)38-27-7-6-24(20-30(27)45-2)42-16-18-46-19-17-42/h6-9,20-21,23H,3-5,10-19,22H2,1-2H3,(H2,36,37,38,39). The highest BCUT2D eigenvalue weighted by Crippen LogP contribution is 2.39. The lowest BCUT2D eigenvalue weighted by atomic mass is 9.97. The van der Waals surface area contributed by atoms with Gasteiger partial charge in [0.15, 0.2) is 5.82 Å². The zero-order valence-corrected chi connectivity index (χ0v) is 27.5. The van der Waals surface area contributed by atoms with E-state index in [0.29, 0.717) is 59.6 Å². The fourth-order valence-electron chi connectivity index (χ4n) is 7.26. The molecule has 1 amide bonds. The molecular weight excluding hydrogens is 604 g/mol. The van der Waals surface area contributed by atoms with Gasteiger partial charge in [-0.25, -0.2) is 4.98 Å². The Hall–Kier alpha value is -3.80. The van der Waals surface area contributed by atoms with Gasteiger partial charge in [0.05, 0.1) is 43.5 Å². The highest BCUT2D eigenvalue weighted by Gasteiger charge is 2.33. The second kappa shape index (κ2) is 13.5. The molecule has 3 aromatic rings. The van der Waals surface area contributed by atoms with Crippen LogP contribution in [0.1, 0.15) is 48.0 Å². The molecule has 12 heteroatoms. The summed E-state index contributed by atoms with van der Waals surface area (Å²) in [6.45, 7) is 8.15. The molecule has 0 unspecified atom stereocenters. The Morgan fingerprint density at radius 3 is 2.46 bits per heavy atom. The van der Waals surface area contributed by atoms with Crippen LogP contribution in [0.5, 0.6) is 5.75 Å². The number of morpholine rings is 1. The van der Waals surface area contributed by atoms with Crippen LogP contribution in [0.25, 0.3) is 0 Å². The number of amides is 1. The maximum atomic E-state index is 13.5. The Labute approximate surface area is 275 Å². The lowest BCUT2D eigenvalue weighted by Gasteiger charge is -2.41. The molecule has 0 aliphatic carbocycles. The van der Waals surface area contributed by atoms with E-state index in [1.54, 1.807) is 18.2 Å². The number of ether oxygens (including phenoxy) is 2. The maximum absolute atomic E-state index is 13.5. The van der Waals surface area contributed by atoms with Gasteiger partial charge < -0.3 is 39.7 Å². The van der Waals surface area contributed by atoms with E-state index in [4.69, 9.17) is 26.1 Å². The van der Waals surface area contributed by atoms with Crippen LogP contribution in [0, 0.1) is 0 Å². The summed E-state index contributed by atoms with van der Waals surface area (Å²) < 4.78 is 11.2. The predicted molar refractivity (Wildman–Crippen MR) is 183 cm³/mol. The first-order valence-electron chi connectivity index (χ1n) is 16.5. The molecule has 2 aromatic carbocycles. The molecule has 7 rings (SSSR count). The number of carbonyl (C=O) groups is 1. The number of likely N-dealkylation sites (tertiary alicyclic amines) is 1. The smallest absolute Gasteiger partial charge is 0.256 e. The van der Waals surface area contributed by atoms with Crippen LogP contribution in [0.15, 0.2) is 36.5 Å². The van der Waals surface area contributed by atoms with Crippen molar-refractivity contribution in [3.05, 3.63) is 52.7 Å². The van der Waals surface area contributed by atoms with Gasteiger partial charge in [-0.05, 0) is 63.0 Å². The summed E-state index contributed by atoms with van der Waals surface area (Å²) in [6, 6.07) is 10.8. The summed E-state index contributed by atoms with van der Waals surface area (Å²) in [5.41, 5.74) is 5.39. The Balaban J connectivity index is 1.09. The van der Waals surface area contributed by atoms with Crippen molar-refractivity contribution in [1.29, 1.82) is 0 Å². The first-order chi connectivity index (χ1) is 22.5. The second-order valence-electron chi connectivity index (χ2n) is 12.6. The highest BCUT2D eigenvalue weighted by atomic mass is 35.5. The molecular formula is C34H43ClN8O3. The van der Waals surface area contributed by atoms with Gasteiger partial charge in [-0.3, -0.25) is 4.79 Å². The van der Waals surface area contributed by atoms with Crippen molar-refractivity contribution in [3.8, 4) is 5.75 Å². The van der Waals surface area contributed by atoms with Crippen LogP contribution in [0.2, 0.25) is 5.02 Å². The molecule has 5 heterocycles. The van der Waals surface area contributed by atoms with Crippen LogP contribution >= 0.6 is 11.6 Å². The number of rotatable bonds is 8. The number of methoxy groups -OCH3 is 1. The monoisotopic (exact) mass is 646 g/mol. The zero-order chi connectivity index (χ0) is 31.6. The van der Waals surface area contributed by atoms with Crippen molar-refractivity contribution in [2.24, 2.45) is 0 Å². The van der Waals surface area contributed by atoms with Crippen molar-refractivity contribution in [2.45, 2.75) is 44.7 Å². The SMILES string of the molecule is COc1cc(N2CCOCC2)ccc1Nc1ncc(Cl)c(Nc2ccc(N3CCC(N4CCCCC4)CC3)c3c2C(=O)N(C)C3)n1. The minimum absolute atomic E-state index is 0.00354. The molecule has 0 saturated carbocycles. The normalized spacial score (nSPS) is 19.4. The molecule has 1 aromatic heterocycles. The number of aromatic nitrogens is 2. The number of hydrogen-bond donors (Lipinski definition) is 2. The summed E-state index contributed by atoms with van der Waals surface area (Å²) in [5, 5.41) is 7.00. The van der Waals surface area contributed by atoms with Crippen LogP contribution in [-0.2, 0) is 11.3 Å². The lowest BCUT2D eigenvalue weighted by molar-refractivity contribution is 0.0817. The first-order valence-corrected chi connectivity index (χ1v) is 16.8. The molecule has 0 radical (unpaired) electrons. The Bertz CT molecular complexity index is 1570. The molecule has 4 aliphatic rings. The molecule has 46 heavy (non-hydrogen) atoms. The van der Waals surface area contributed by atoms with Gasteiger partial charge in [0.2, 0.25) is 5.95 Å². The fourth-order valence-corrected chi connectivity index (χ4v) is 7.40. The third-order valence-electron chi connectivity index (χ3n) is 9.76. The number of hydrogen-bond acceptors (Lipinski definition) is 10. The highest BCUT2D eigenvalue weighted by molar-refractivity contribution is 6.33. The number of nitrogens with one attached hydrogen (secondary N) is 2. The summed E-state index contributed by atoms with van der Waals surface area (Å²) in [5.74, 6) is 1.45. The number of piperidine rings is 2. The third kappa shape index (κ3) is 6.28. The van der Waals surface area contributed by atoms with Gasteiger partial charge in [-0.1, -0.05) is 18.0 Å². The molecule has 244 valence electrons. The van der Waals surface area contributed by atoms with Crippen molar-refractivity contribution < 1.29 is 14.3 Å². The van der Waals surface area contributed by atoms with Gasteiger partial charge in [0, 0.05) is 68.8 Å². The number of halogens is 1. The summed E-state index contributed by atoms with van der Waals surface area (Å²) in [4.78, 5) is 31.8. The largest absolute Gasteiger partial charge is 0.494 e. The number of anilines is 6. The van der Waals surface area contributed by atoms with E-state index in [2.05, 4.69) is 36.4 Å². The van der Waals surface area contributed by atoms with Crippen molar-refractivity contribution in [3.63, 3.8) is 0 Å². The van der Waals surface area contributed by atoms with Gasteiger partial charge in [0.1, 0.15) is 10.8 Å². The number of benzene rings is 2. The van der Waals surface area contributed by atoms with Crippen molar-refractivity contribution in [1.82, 2.24) is 19.8 Å². The van der Waals surface area contributed by atoms with E-state index in [1.807, 2.05) is 31.3 Å². The Kier molecular flexibility index (Phi) is 9.06. The summed E-state index contributed by atoms with van der Waals surface area (Å²) >= 11 is 6.60. The fraction of sp³-hybridized carbons (Fsp3) is 0.500. The minimum atomic E-state index is -0.00354. The summed E-state index contributed by atoms with van der Waals surface area (Å²) in [6.07, 6.45) is 7.88. The van der Waals surface area contributed by atoms with Crippen LogP contribution in [0.4, 0.5) is 34.5 Å². The zero-order valence-electron chi connectivity index (χ0n) is 26.7. The summed E-state index contributed by atoms with van der Waals surface area (Å²) in [7, 11) is 3.50. The van der Waals surface area contributed by atoms with Crippen molar-refractivity contribution >= 4 is 52.0 Å². The van der Waals surface area contributed by atoms with E-state index in [0.717, 1.165) is 61.6 Å². The molecule has 3 fully saturated rings. The minimum Gasteiger partial charge on any atom is -0.494 e. The molecule has 0 spiro atoms. The molecule has 0 bridgehead atoms. The molecule has 0 atom stereocenters. The van der Waals surface area contributed by atoms with Gasteiger partial charge in [-0.15, -0.1) is 0 Å². The topological polar surface area (TPSA) is 98.3 Å². The van der Waals surface area contributed by atoms with Crippen LogP contribution in [0.3, 0.4) is 0 Å². The molecule has 3 saturated heterocycles. The van der Waals surface area contributed by atoms with E-state index < -0.39 is 0 Å². The predicted octanol–water partition coefficient (Wildman–Crippen LogP) is 5.50. The lowest BCUT2D eigenvalue weighted by Crippen LogP contribution is -2.47. The van der Waals surface area contributed by atoms with Crippen LogP contribution in [-0.4, -0.2) is 98.4 Å². The quantitative estimate of drug-likeness (QED) is 0.326. The molecule has 11 nitrogen and oxygen atoms in total. The number of nitrogens with zero attached hydrogens (tertiary/aromatic N) is 6. The van der Waals surface area contributed by atoms with E-state index in [1.165, 1.54) is 32.4 Å². The van der Waals surface area contributed by atoms with Gasteiger partial charge >= 0.3 is 0 Å². The maximum Gasteiger partial charge on any atom is 0.256 e. The van der Waals surface area contributed by atoms with E-state index in [-0.39, 0.29) is 5.91 Å². The van der Waals surface area contributed by atoms with E-state index in [9.17, 15) is 4.79 Å². The van der Waals surface area contributed by atoms with Gasteiger partial charge in [0.25, 0.3) is 5.91 Å². The number of fused-ring (bicyclic) bond motifs is 1.